The zero-order chi connectivity index (χ0) is 41.1. The molecule has 304 valence electrons. The van der Waals surface area contributed by atoms with E-state index in [9.17, 15) is 19.2 Å². The lowest BCUT2D eigenvalue weighted by atomic mass is 9.86. The lowest BCUT2D eigenvalue weighted by Crippen LogP contribution is -2.40. The molecule has 4 amide bonds. The summed E-state index contributed by atoms with van der Waals surface area (Å²) in [6, 6.07) is 11.9. The normalized spacial score (nSPS) is 17.2. The van der Waals surface area contributed by atoms with Crippen molar-refractivity contribution >= 4 is 40.9 Å². The molecule has 2 aromatic heterocycles. The fourth-order valence-electron chi connectivity index (χ4n) is 7.74. The second-order valence-electron chi connectivity index (χ2n) is 14.7. The number of fused-ring (bicyclic) bond motifs is 4. The number of likely N-dealkylation sites (tertiary alicyclic amines) is 1. The Kier molecular flexibility index (Phi) is 11.6. The van der Waals surface area contributed by atoms with E-state index in [1.54, 1.807) is 22.2 Å². The van der Waals surface area contributed by atoms with Crippen LogP contribution in [0.25, 0.3) is 33.7 Å². The molecule has 0 saturated carbocycles. The van der Waals surface area contributed by atoms with Gasteiger partial charge >= 0.3 is 12.2 Å². The minimum atomic E-state index is -0.809. The van der Waals surface area contributed by atoms with E-state index in [1.165, 1.54) is 14.2 Å². The van der Waals surface area contributed by atoms with Gasteiger partial charge in [0, 0.05) is 52.4 Å². The fourth-order valence-corrected chi connectivity index (χ4v) is 7.74. The Hall–Kier alpha value is -6.45. The largest absolute Gasteiger partial charge is 0.488 e. The Morgan fingerprint density at radius 1 is 1.00 bits per heavy atom. The van der Waals surface area contributed by atoms with E-state index in [1.807, 2.05) is 64.1 Å². The van der Waals surface area contributed by atoms with Gasteiger partial charge in [-0.15, -0.1) is 0 Å². The Balaban J connectivity index is 1.07. The van der Waals surface area contributed by atoms with Gasteiger partial charge in [0.1, 0.15) is 48.1 Å². The number of imidazole rings is 2. The maximum atomic E-state index is 13.5. The van der Waals surface area contributed by atoms with Crippen molar-refractivity contribution in [3.05, 3.63) is 71.6 Å². The average Bonchev–Trinajstić information content (AvgIpc) is 4.02. The molecule has 3 N–H and O–H groups in total. The van der Waals surface area contributed by atoms with Crippen LogP contribution < -0.4 is 14.8 Å². The van der Waals surface area contributed by atoms with Crippen LogP contribution in [-0.2, 0) is 25.6 Å². The van der Waals surface area contributed by atoms with E-state index in [4.69, 9.17) is 9.47 Å². The molecule has 4 aromatic rings. The van der Waals surface area contributed by atoms with Gasteiger partial charge in [-0.3, -0.25) is 9.59 Å². The smallest absolute Gasteiger partial charge is 0.433 e. The number of nitrogens with one attached hydrogen (secondary N) is 3. The molecular formula is C42H48N8O8. The van der Waals surface area contributed by atoms with Crippen LogP contribution >= 0.6 is 0 Å². The van der Waals surface area contributed by atoms with Gasteiger partial charge < -0.3 is 44.0 Å². The number of amides is 4. The van der Waals surface area contributed by atoms with Crippen molar-refractivity contribution in [3.63, 3.8) is 0 Å². The number of carbonyl (C=O) groups is 4. The molecule has 0 aliphatic carbocycles. The first-order chi connectivity index (χ1) is 28.0. The highest BCUT2D eigenvalue weighted by molar-refractivity contribution is 6.40. The number of aliphatic imine (C=N–C) groups is 1. The number of aromatic nitrogens is 4. The topological polar surface area (TPSA) is 193 Å². The Bertz CT molecular complexity index is 2290. The van der Waals surface area contributed by atoms with Gasteiger partial charge in [-0.1, -0.05) is 45.0 Å². The van der Waals surface area contributed by atoms with E-state index in [2.05, 4.69) is 39.7 Å². The second kappa shape index (κ2) is 17.0. The fraction of sp³-hybridized carbons (Fsp3) is 0.405. The van der Waals surface area contributed by atoms with Crippen LogP contribution in [0.1, 0.15) is 75.8 Å². The van der Waals surface area contributed by atoms with Crippen molar-refractivity contribution in [2.45, 2.75) is 65.6 Å². The van der Waals surface area contributed by atoms with Crippen LogP contribution in [0, 0.1) is 5.92 Å². The zero-order valence-electron chi connectivity index (χ0n) is 33.5. The molecule has 2 atom stereocenters. The number of benzene rings is 2. The first-order valence-electron chi connectivity index (χ1n) is 19.5. The van der Waals surface area contributed by atoms with E-state index < -0.39 is 12.2 Å². The van der Waals surface area contributed by atoms with Gasteiger partial charge in [-0.05, 0) is 38.3 Å². The highest BCUT2D eigenvalue weighted by Gasteiger charge is 2.34. The summed E-state index contributed by atoms with van der Waals surface area (Å²) < 4.78 is 22.2. The maximum absolute atomic E-state index is 13.5. The van der Waals surface area contributed by atoms with E-state index in [-0.39, 0.29) is 48.7 Å². The Morgan fingerprint density at radius 2 is 1.72 bits per heavy atom. The molecule has 1 saturated heterocycles. The van der Waals surface area contributed by atoms with Crippen molar-refractivity contribution in [2.24, 2.45) is 10.9 Å². The van der Waals surface area contributed by atoms with Gasteiger partial charge in [0.2, 0.25) is 5.91 Å². The van der Waals surface area contributed by atoms with Crippen molar-refractivity contribution in [1.82, 2.24) is 35.1 Å². The number of hydrogen-bond acceptors (Lipinski definition) is 10. The number of ether oxygens (including phenoxy) is 4. The van der Waals surface area contributed by atoms with Crippen LogP contribution in [0.5, 0.6) is 11.5 Å². The molecule has 16 nitrogen and oxygen atoms in total. The third-order valence-electron chi connectivity index (χ3n) is 10.6. The number of nitrogens with zero attached hydrogens (tertiary/aromatic N) is 5. The summed E-state index contributed by atoms with van der Waals surface area (Å²) in [4.78, 5) is 73.0. The molecule has 3 aliphatic heterocycles. The van der Waals surface area contributed by atoms with Gasteiger partial charge in [0.25, 0.3) is 5.91 Å². The van der Waals surface area contributed by atoms with E-state index in [0.717, 1.165) is 69.1 Å². The summed E-state index contributed by atoms with van der Waals surface area (Å²) >= 11 is 0. The van der Waals surface area contributed by atoms with Crippen LogP contribution in [0.2, 0.25) is 0 Å². The molecule has 2 unspecified atom stereocenters. The van der Waals surface area contributed by atoms with Crippen molar-refractivity contribution in [2.75, 3.05) is 40.5 Å². The molecule has 0 spiro atoms. The minimum Gasteiger partial charge on any atom is -0.488 e. The molecular weight excluding hydrogens is 745 g/mol. The van der Waals surface area contributed by atoms with Crippen molar-refractivity contribution in [1.29, 1.82) is 0 Å². The molecule has 7 rings (SSSR count). The molecule has 3 aliphatic rings. The van der Waals surface area contributed by atoms with E-state index in [0.29, 0.717) is 37.8 Å². The monoisotopic (exact) mass is 792 g/mol. The van der Waals surface area contributed by atoms with Gasteiger partial charge in [0.05, 0.1) is 50.6 Å². The van der Waals surface area contributed by atoms with Gasteiger partial charge in [-0.25, -0.2) is 19.6 Å². The first kappa shape index (κ1) is 39.8. The molecule has 16 heteroatoms. The minimum absolute atomic E-state index is 0.138. The molecule has 0 radical (unpaired) electrons. The molecule has 0 bridgehead atoms. The average molecular weight is 793 g/mol. The number of methoxy groups -OCH3 is 2. The van der Waals surface area contributed by atoms with Crippen LogP contribution in [0.3, 0.4) is 0 Å². The summed E-state index contributed by atoms with van der Waals surface area (Å²) in [5.41, 5.74) is 7.53. The molecule has 58 heavy (non-hydrogen) atoms. The maximum Gasteiger partial charge on any atom is 0.433 e. The molecule has 2 aromatic carbocycles. The van der Waals surface area contributed by atoms with Crippen LogP contribution in [0.15, 0.2) is 53.8 Å². The summed E-state index contributed by atoms with van der Waals surface area (Å²) in [6.07, 6.45) is 4.12. The Morgan fingerprint density at radius 3 is 2.45 bits per heavy atom. The zero-order valence-corrected chi connectivity index (χ0v) is 33.5. The summed E-state index contributed by atoms with van der Waals surface area (Å²) in [6.45, 7) is 9.12. The van der Waals surface area contributed by atoms with Crippen molar-refractivity contribution < 1.29 is 38.1 Å². The molecule has 1 fully saturated rings. The number of hydrogen-bond donors (Lipinski definition) is 3. The predicted octanol–water partition coefficient (Wildman–Crippen LogP) is 6.17. The highest BCUT2D eigenvalue weighted by Crippen LogP contribution is 2.47. The predicted molar refractivity (Wildman–Crippen MR) is 215 cm³/mol. The third kappa shape index (κ3) is 8.04. The summed E-state index contributed by atoms with van der Waals surface area (Å²) in [5.74, 6) is 1.96. The number of carbonyl (C=O) groups excluding carboxylic acids is 4. The summed E-state index contributed by atoms with van der Waals surface area (Å²) in [5, 5.41) is 2.47. The quantitative estimate of drug-likeness (QED) is 0.148. The summed E-state index contributed by atoms with van der Waals surface area (Å²) in [7, 11) is 2.49. The van der Waals surface area contributed by atoms with E-state index >= 15 is 0 Å². The third-order valence-corrected chi connectivity index (χ3v) is 10.6. The number of alkyl carbamates (subject to hydrolysis) is 1. The van der Waals surface area contributed by atoms with Crippen LogP contribution in [0.4, 0.5) is 9.59 Å². The first-order valence-corrected chi connectivity index (χ1v) is 19.5. The lowest BCUT2D eigenvalue weighted by molar-refractivity contribution is -0.131. The molecule has 5 heterocycles. The van der Waals surface area contributed by atoms with Crippen molar-refractivity contribution in [3.8, 4) is 34.0 Å². The highest BCUT2D eigenvalue weighted by atomic mass is 16.5. The standard InChI is InChI=1S/C42H48N8O8/c1-7-14-49(40(52)38(23(2)3)48-42(54)56-6)21-35-43-18-30(46-35)26-10-12-27-29-22-57-33-16-25(11-13-28(33)37(29)24(4)58-34(27)17-26)31-19-44-39(47-31)32-9-8-15-50(32)36(51)20-45-41(53)55-5/h10-13,16-19,23-24,32H,7-9,14-15,20-22H2,1-6H3,(H,43,46)(H,44,47)(H,45,53). The Labute approximate surface area is 336 Å². The lowest BCUT2D eigenvalue weighted by Gasteiger charge is -2.33. The number of aromatic amines is 2. The van der Waals surface area contributed by atoms with Crippen LogP contribution in [-0.4, -0.2) is 106 Å². The van der Waals surface area contributed by atoms with Gasteiger partial charge in [0.15, 0.2) is 0 Å². The van der Waals surface area contributed by atoms with Gasteiger partial charge in [-0.2, -0.15) is 4.99 Å². The number of rotatable bonds is 11. The number of H-pyrrole nitrogens is 2. The SMILES string of the molecule is CCCN(Cc1ncc(-c2ccc3c(c2)OC(C)C2=C3COc3cc(-c4cnc(C5CCCN5C(=O)CNC(=O)OC)[nH]4)ccc32)[nH]1)C(=O)C(=NC(=O)OC)C(C)C. The second-order valence-corrected chi connectivity index (χ2v) is 14.7.